The Kier molecular flexibility index (Phi) is 4.05. The number of hydrazone groups is 1. The van der Waals surface area contributed by atoms with Gasteiger partial charge in [-0.1, -0.05) is 15.9 Å². The van der Waals surface area contributed by atoms with Gasteiger partial charge in [0.05, 0.1) is 12.8 Å². The van der Waals surface area contributed by atoms with E-state index in [0.717, 1.165) is 10.2 Å². The second-order valence-corrected chi connectivity index (χ2v) is 3.43. The van der Waals surface area contributed by atoms with Crippen LogP contribution in [-0.4, -0.2) is 12.5 Å². The first-order chi connectivity index (χ1) is 6.22. The zero-order chi connectivity index (χ0) is 9.68. The van der Waals surface area contributed by atoms with Crippen molar-refractivity contribution in [1.29, 1.82) is 0 Å². The van der Waals surface area contributed by atoms with E-state index in [4.69, 9.17) is 11.6 Å². The van der Waals surface area contributed by atoms with Crippen LogP contribution < -0.4 is 5.43 Å². The summed E-state index contributed by atoms with van der Waals surface area (Å²) in [5, 5.41) is 3.81. The van der Waals surface area contributed by atoms with E-state index in [9.17, 15) is 0 Å². The maximum Gasteiger partial charge on any atom is 0.303 e. The SMILES string of the molecule is CO/C(Cl)=N/Nc1ccc(Br)cc1. The third-order valence-electron chi connectivity index (χ3n) is 1.29. The number of rotatable bonds is 2. The third-order valence-corrected chi connectivity index (χ3v) is 2.05. The Morgan fingerprint density at radius 2 is 2.08 bits per heavy atom. The molecule has 0 atom stereocenters. The highest BCUT2D eigenvalue weighted by Crippen LogP contribution is 2.13. The largest absolute Gasteiger partial charge is 0.471 e. The lowest BCUT2D eigenvalue weighted by molar-refractivity contribution is 0.414. The first kappa shape index (κ1) is 10.3. The molecular formula is C8H8BrClN2O. The van der Waals surface area contributed by atoms with Crippen LogP contribution in [0.15, 0.2) is 33.8 Å². The van der Waals surface area contributed by atoms with Gasteiger partial charge in [0.2, 0.25) is 0 Å². The molecule has 0 radical (unpaired) electrons. The van der Waals surface area contributed by atoms with Gasteiger partial charge >= 0.3 is 5.36 Å². The molecule has 1 aromatic carbocycles. The van der Waals surface area contributed by atoms with Crippen molar-refractivity contribution < 1.29 is 4.74 Å². The molecule has 0 aliphatic heterocycles. The van der Waals surface area contributed by atoms with Gasteiger partial charge in [-0.15, -0.1) is 5.10 Å². The lowest BCUT2D eigenvalue weighted by Gasteiger charge is -2.00. The van der Waals surface area contributed by atoms with Crippen molar-refractivity contribution in [3.8, 4) is 0 Å². The van der Waals surface area contributed by atoms with Crippen LogP contribution in [0.4, 0.5) is 5.69 Å². The number of nitrogens with one attached hydrogen (secondary N) is 1. The van der Waals surface area contributed by atoms with E-state index in [1.54, 1.807) is 0 Å². The molecular weight excluding hydrogens is 255 g/mol. The molecule has 1 N–H and O–H groups in total. The van der Waals surface area contributed by atoms with Crippen molar-refractivity contribution in [1.82, 2.24) is 0 Å². The molecule has 1 rings (SSSR count). The van der Waals surface area contributed by atoms with Gasteiger partial charge in [0, 0.05) is 4.47 Å². The summed E-state index contributed by atoms with van der Waals surface area (Å²) in [4.78, 5) is 0. The Morgan fingerprint density at radius 3 is 2.62 bits per heavy atom. The molecule has 0 unspecified atom stereocenters. The number of hydrogen-bond acceptors (Lipinski definition) is 3. The molecule has 5 heteroatoms. The van der Waals surface area contributed by atoms with Crippen LogP contribution in [0.3, 0.4) is 0 Å². The summed E-state index contributed by atoms with van der Waals surface area (Å²) in [6.07, 6.45) is 0. The summed E-state index contributed by atoms with van der Waals surface area (Å²) in [5.74, 6) is 0. The smallest absolute Gasteiger partial charge is 0.303 e. The average molecular weight is 264 g/mol. The zero-order valence-corrected chi connectivity index (χ0v) is 9.26. The van der Waals surface area contributed by atoms with E-state index in [0.29, 0.717) is 0 Å². The van der Waals surface area contributed by atoms with Gasteiger partial charge in [0.15, 0.2) is 0 Å². The van der Waals surface area contributed by atoms with Crippen LogP contribution in [-0.2, 0) is 4.74 Å². The highest BCUT2D eigenvalue weighted by molar-refractivity contribution is 9.10. The van der Waals surface area contributed by atoms with Gasteiger partial charge in [-0.2, -0.15) is 0 Å². The standard InChI is InChI=1S/C8H8BrClN2O/c1-13-8(10)12-11-7-4-2-6(9)3-5-7/h2-5,11H,1H3/b12-8+. The first-order valence-corrected chi connectivity index (χ1v) is 4.68. The number of hydrogen-bond donors (Lipinski definition) is 1. The second-order valence-electron chi connectivity index (χ2n) is 2.19. The number of halogens is 2. The molecule has 0 saturated carbocycles. The highest BCUT2D eigenvalue weighted by atomic mass is 79.9. The van der Waals surface area contributed by atoms with Gasteiger partial charge in [-0.25, -0.2) is 0 Å². The predicted molar refractivity (Wildman–Crippen MR) is 58.1 cm³/mol. The van der Waals surface area contributed by atoms with E-state index in [-0.39, 0.29) is 5.36 Å². The van der Waals surface area contributed by atoms with Crippen LogP contribution in [0.5, 0.6) is 0 Å². The van der Waals surface area contributed by atoms with Crippen molar-refractivity contribution in [3.05, 3.63) is 28.7 Å². The molecule has 0 amide bonds. The number of benzene rings is 1. The summed E-state index contributed by atoms with van der Waals surface area (Å²) in [5.41, 5.74) is 3.58. The molecule has 70 valence electrons. The number of methoxy groups -OCH3 is 1. The number of anilines is 1. The minimum absolute atomic E-state index is 0.0721. The van der Waals surface area contributed by atoms with Gasteiger partial charge in [-0.3, -0.25) is 5.43 Å². The molecule has 13 heavy (non-hydrogen) atoms. The van der Waals surface area contributed by atoms with E-state index in [2.05, 4.69) is 31.2 Å². The number of ether oxygens (including phenoxy) is 1. The van der Waals surface area contributed by atoms with E-state index >= 15 is 0 Å². The molecule has 0 saturated heterocycles. The second kappa shape index (κ2) is 5.09. The highest BCUT2D eigenvalue weighted by Gasteiger charge is 1.91. The molecule has 0 aliphatic carbocycles. The summed E-state index contributed by atoms with van der Waals surface area (Å²) in [6.45, 7) is 0. The first-order valence-electron chi connectivity index (χ1n) is 3.51. The molecule has 0 aromatic heterocycles. The molecule has 0 fully saturated rings. The van der Waals surface area contributed by atoms with Gasteiger partial charge in [-0.05, 0) is 35.9 Å². The van der Waals surface area contributed by atoms with Crippen molar-refractivity contribution in [3.63, 3.8) is 0 Å². The van der Waals surface area contributed by atoms with Crippen LogP contribution in [0.2, 0.25) is 0 Å². The van der Waals surface area contributed by atoms with E-state index in [1.165, 1.54) is 7.11 Å². The number of nitrogens with zero attached hydrogens (tertiary/aromatic N) is 1. The Balaban J connectivity index is 2.60. The molecule has 3 nitrogen and oxygen atoms in total. The Morgan fingerprint density at radius 1 is 1.46 bits per heavy atom. The lowest BCUT2D eigenvalue weighted by atomic mass is 10.3. The summed E-state index contributed by atoms with van der Waals surface area (Å²) in [6, 6.07) is 7.54. The van der Waals surface area contributed by atoms with Crippen molar-refractivity contribution >= 4 is 38.6 Å². The van der Waals surface area contributed by atoms with Crippen LogP contribution in [0.25, 0.3) is 0 Å². The third kappa shape index (κ3) is 3.65. The topological polar surface area (TPSA) is 33.6 Å². The fourth-order valence-electron chi connectivity index (χ4n) is 0.679. The van der Waals surface area contributed by atoms with Crippen LogP contribution in [0.1, 0.15) is 0 Å². The Bertz CT molecular complexity index is 300. The van der Waals surface area contributed by atoms with Crippen LogP contribution >= 0.6 is 27.5 Å². The Labute approximate surface area is 89.9 Å². The maximum absolute atomic E-state index is 5.50. The molecule has 0 bridgehead atoms. The monoisotopic (exact) mass is 262 g/mol. The van der Waals surface area contributed by atoms with Gasteiger partial charge < -0.3 is 4.74 Å². The van der Waals surface area contributed by atoms with E-state index < -0.39 is 0 Å². The van der Waals surface area contributed by atoms with Crippen molar-refractivity contribution in [2.24, 2.45) is 5.10 Å². The van der Waals surface area contributed by atoms with Crippen LogP contribution in [0, 0.1) is 0 Å². The minimum Gasteiger partial charge on any atom is -0.471 e. The molecule has 0 spiro atoms. The fraction of sp³-hybridized carbons (Fsp3) is 0.125. The van der Waals surface area contributed by atoms with Crippen molar-refractivity contribution in [2.45, 2.75) is 0 Å². The lowest BCUT2D eigenvalue weighted by Crippen LogP contribution is -1.96. The van der Waals surface area contributed by atoms with Gasteiger partial charge in [0.1, 0.15) is 0 Å². The Hall–Kier alpha value is -0.740. The van der Waals surface area contributed by atoms with Crippen molar-refractivity contribution in [2.75, 3.05) is 12.5 Å². The molecule has 0 heterocycles. The predicted octanol–water partition coefficient (Wildman–Crippen LogP) is 3.02. The summed E-state index contributed by atoms with van der Waals surface area (Å²) < 4.78 is 5.65. The summed E-state index contributed by atoms with van der Waals surface area (Å²) >= 11 is 8.83. The fourth-order valence-corrected chi connectivity index (χ4v) is 0.985. The molecule has 1 aromatic rings. The summed E-state index contributed by atoms with van der Waals surface area (Å²) in [7, 11) is 1.45. The zero-order valence-electron chi connectivity index (χ0n) is 6.92. The quantitative estimate of drug-likeness (QED) is 0.505. The maximum atomic E-state index is 5.50. The van der Waals surface area contributed by atoms with E-state index in [1.807, 2.05) is 24.3 Å². The van der Waals surface area contributed by atoms with Gasteiger partial charge in [0.25, 0.3) is 0 Å². The average Bonchev–Trinajstić information content (AvgIpc) is 2.16. The molecule has 0 aliphatic rings. The minimum atomic E-state index is 0.0721. The normalized spacial score (nSPS) is 11.2.